The molecule has 0 fully saturated rings. The summed E-state index contributed by atoms with van der Waals surface area (Å²) >= 11 is 0. The second-order valence-corrected chi connectivity index (χ2v) is 5.79. The molecular weight excluding hydrogens is 320 g/mol. The minimum Gasteiger partial charge on any atom is -0.494 e. The molecule has 1 heterocycles. The number of ether oxygens (including phenoxy) is 2. The molecule has 25 heavy (non-hydrogen) atoms. The highest BCUT2D eigenvalue weighted by Gasteiger charge is 2.17. The third-order valence-corrected chi connectivity index (χ3v) is 3.64. The molecule has 0 N–H and O–H groups in total. The van der Waals surface area contributed by atoms with E-state index in [1.807, 2.05) is 26.8 Å². The summed E-state index contributed by atoms with van der Waals surface area (Å²) in [7, 11) is 0. The van der Waals surface area contributed by atoms with Gasteiger partial charge in [0.1, 0.15) is 22.6 Å². The molecule has 3 aromatic rings. The van der Waals surface area contributed by atoms with Gasteiger partial charge in [-0.3, -0.25) is 0 Å². The summed E-state index contributed by atoms with van der Waals surface area (Å²) in [5.74, 6) is 0.256. The average Bonchev–Trinajstić information content (AvgIpc) is 2.53. The van der Waals surface area contributed by atoms with E-state index in [-0.39, 0.29) is 5.56 Å². The zero-order chi connectivity index (χ0) is 18.0. The second kappa shape index (κ2) is 6.81. The maximum absolute atomic E-state index is 12.4. The van der Waals surface area contributed by atoms with Crippen molar-refractivity contribution in [3.63, 3.8) is 0 Å². The Kier molecular flexibility index (Phi) is 4.57. The third-order valence-electron chi connectivity index (χ3n) is 3.64. The molecule has 0 saturated heterocycles. The zero-order valence-electron chi connectivity index (χ0n) is 14.3. The third kappa shape index (κ3) is 3.71. The van der Waals surface area contributed by atoms with Crippen molar-refractivity contribution < 1.29 is 18.7 Å². The van der Waals surface area contributed by atoms with Crippen molar-refractivity contribution in [2.24, 2.45) is 0 Å². The van der Waals surface area contributed by atoms with Crippen LogP contribution < -0.4 is 15.1 Å². The second-order valence-electron chi connectivity index (χ2n) is 5.79. The van der Waals surface area contributed by atoms with Crippen molar-refractivity contribution in [3.8, 4) is 11.5 Å². The van der Waals surface area contributed by atoms with Gasteiger partial charge in [0.2, 0.25) is 0 Å². The van der Waals surface area contributed by atoms with Gasteiger partial charge in [-0.05, 0) is 62.2 Å². The Balaban J connectivity index is 1.94. The summed E-state index contributed by atoms with van der Waals surface area (Å²) in [6.07, 6.45) is 0. The van der Waals surface area contributed by atoms with E-state index in [0.717, 1.165) is 11.1 Å². The summed E-state index contributed by atoms with van der Waals surface area (Å²) in [5.41, 5.74) is 1.42. The summed E-state index contributed by atoms with van der Waals surface area (Å²) in [6.45, 7) is 6.19. The highest BCUT2D eigenvalue weighted by atomic mass is 16.5. The Morgan fingerprint density at radius 3 is 2.40 bits per heavy atom. The molecule has 2 aromatic carbocycles. The van der Waals surface area contributed by atoms with Crippen LogP contribution in [0.3, 0.4) is 0 Å². The molecule has 128 valence electrons. The molecule has 0 aliphatic carbocycles. The Morgan fingerprint density at radius 2 is 1.72 bits per heavy atom. The normalized spacial score (nSPS) is 10.7. The lowest BCUT2D eigenvalue weighted by Gasteiger charge is -2.07. The van der Waals surface area contributed by atoms with E-state index in [4.69, 9.17) is 13.9 Å². The average molecular weight is 338 g/mol. The van der Waals surface area contributed by atoms with Crippen molar-refractivity contribution in [1.29, 1.82) is 0 Å². The van der Waals surface area contributed by atoms with Crippen LogP contribution >= 0.6 is 0 Å². The quantitative estimate of drug-likeness (QED) is 0.408. The zero-order valence-corrected chi connectivity index (χ0v) is 14.3. The predicted molar refractivity (Wildman–Crippen MR) is 94.5 cm³/mol. The highest BCUT2D eigenvalue weighted by Crippen LogP contribution is 2.22. The number of benzene rings is 2. The summed E-state index contributed by atoms with van der Waals surface area (Å²) in [6, 6.07) is 12.0. The number of aryl methyl sites for hydroxylation is 2. The van der Waals surface area contributed by atoms with Gasteiger partial charge in [-0.2, -0.15) is 0 Å². The number of hydrogen-bond acceptors (Lipinski definition) is 5. The molecule has 0 saturated carbocycles. The standard InChI is InChI=1S/C20H18O5/c1-4-23-15-6-5-14-10-17(20(22)25-18(14)11-15)19(21)24-16-8-12(2)7-13(3)9-16/h5-11H,4H2,1-3H3. The van der Waals surface area contributed by atoms with Crippen molar-refractivity contribution in [2.45, 2.75) is 20.8 Å². The first-order chi connectivity index (χ1) is 12.0. The van der Waals surface area contributed by atoms with E-state index in [9.17, 15) is 9.59 Å². The van der Waals surface area contributed by atoms with Gasteiger partial charge in [-0.15, -0.1) is 0 Å². The molecule has 5 nitrogen and oxygen atoms in total. The van der Waals surface area contributed by atoms with Crippen molar-refractivity contribution in [1.82, 2.24) is 0 Å². The molecule has 0 unspecified atom stereocenters. The number of hydrogen-bond donors (Lipinski definition) is 0. The molecule has 5 heteroatoms. The Morgan fingerprint density at radius 1 is 1.00 bits per heavy atom. The minimum atomic E-state index is -0.741. The Labute approximate surface area is 144 Å². The van der Waals surface area contributed by atoms with Crippen LogP contribution in [0.5, 0.6) is 11.5 Å². The fourth-order valence-corrected chi connectivity index (χ4v) is 2.64. The highest BCUT2D eigenvalue weighted by molar-refractivity contribution is 5.94. The first kappa shape index (κ1) is 16.8. The van der Waals surface area contributed by atoms with Crippen molar-refractivity contribution in [2.75, 3.05) is 6.61 Å². The predicted octanol–water partition coefficient (Wildman–Crippen LogP) is 4.03. The van der Waals surface area contributed by atoms with Gasteiger partial charge >= 0.3 is 11.6 Å². The maximum atomic E-state index is 12.4. The lowest BCUT2D eigenvalue weighted by atomic mass is 10.1. The fourth-order valence-electron chi connectivity index (χ4n) is 2.64. The number of carbonyl (C=O) groups excluding carboxylic acids is 1. The molecule has 0 bridgehead atoms. The summed E-state index contributed by atoms with van der Waals surface area (Å²) < 4.78 is 16.0. The van der Waals surface area contributed by atoms with Crippen LogP contribution in [0.15, 0.2) is 51.7 Å². The van der Waals surface area contributed by atoms with Crippen LogP contribution in [0.25, 0.3) is 11.0 Å². The maximum Gasteiger partial charge on any atom is 0.351 e. The van der Waals surface area contributed by atoms with E-state index in [1.165, 1.54) is 6.07 Å². The van der Waals surface area contributed by atoms with E-state index in [2.05, 4.69) is 0 Å². The van der Waals surface area contributed by atoms with Gasteiger partial charge in [-0.25, -0.2) is 9.59 Å². The summed E-state index contributed by atoms with van der Waals surface area (Å²) in [4.78, 5) is 24.5. The molecule has 0 radical (unpaired) electrons. The molecule has 0 aliphatic rings. The Hall–Kier alpha value is -3.08. The Bertz CT molecular complexity index is 980. The van der Waals surface area contributed by atoms with Gasteiger partial charge in [0.15, 0.2) is 0 Å². The van der Waals surface area contributed by atoms with E-state index in [0.29, 0.717) is 29.1 Å². The van der Waals surface area contributed by atoms with Crippen LogP contribution in [0.1, 0.15) is 28.4 Å². The van der Waals surface area contributed by atoms with Crippen molar-refractivity contribution in [3.05, 3.63) is 69.6 Å². The molecule has 0 atom stereocenters. The monoisotopic (exact) mass is 338 g/mol. The van der Waals surface area contributed by atoms with E-state index >= 15 is 0 Å². The van der Waals surface area contributed by atoms with E-state index in [1.54, 1.807) is 30.3 Å². The lowest BCUT2D eigenvalue weighted by Crippen LogP contribution is -2.18. The molecular formula is C20H18O5. The van der Waals surface area contributed by atoms with Gasteiger partial charge in [0.25, 0.3) is 0 Å². The molecule has 0 spiro atoms. The lowest BCUT2D eigenvalue weighted by molar-refractivity contribution is 0.0730. The largest absolute Gasteiger partial charge is 0.494 e. The van der Waals surface area contributed by atoms with Gasteiger partial charge in [0, 0.05) is 11.5 Å². The molecule has 3 rings (SSSR count). The summed E-state index contributed by atoms with van der Waals surface area (Å²) in [5, 5.41) is 0.621. The minimum absolute atomic E-state index is 0.143. The number of esters is 1. The molecule has 1 aromatic heterocycles. The van der Waals surface area contributed by atoms with Crippen LogP contribution in [0.4, 0.5) is 0 Å². The number of fused-ring (bicyclic) bond motifs is 1. The molecule has 0 aliphatic heterocycles. The van der Waals surface area contributed by atoms with Gasteiger partial charge in [0.05, 0.1) is 6.61 Å². The van der Waals surface area contributed by atoms with E-state index < -0.39 is 11.6 Å². The topological polar surface area (TPSA) is 65.7 Å². The van der Waals surface area contributed by atoms with Gasteiger partial charge in [-0.1, -0.05) is 6.07 Å². The number of carbonyl (C=O) groups is 1. The van der Waals surface area contributed by atoms with Crippen LogP contribution in [0, 0.1) is 13.8 Å². The smallest absolute Gasteiger partial charge is 0.351 e. The van der Waals surface area contributed by atoms with Crippen molar-refractivity contribution >= 4 is 16.9 Å². The first-order valence-electron chi connectivity index (χ1n) is 7.97. The van der Waals surface area contributed by atoms with Crippen LogP contribution in [-0.2, 0) is 0 Å². The SMILES string of the molecule is CCOc1ccc2cc(C(=O)Oc3cc(C)cc(C)c3)c(=O)oc2c1. The number of rotatable bonds is 4. The fraction of sp³-hybridized carbons (Fsp3) is 0.200. The van der Waals surface area contributed by atoms with Crippen LogP contribution in [-0.4, -0.2) is 12.6 Å². The van der Waals surface area contributed by atoms with Gasteiger partial charge < -0.3 is 13.9 Å². The first-order valence-corrected chi connectivity index (χ1v) is 7.97. The molecule has 0 amide bonds. The van der Waals surface area contributed by atoms with Crippen LogP contribution in [0.2, 0.25) is 0 Å².